The monoisotopic (exact) mass is 397 g/mol. The van der Waals surface area contributed by atoms with Gasteiger partial charge in [0.15, 0.2) is 6.10 Å². The summed E-state index contributed by atoms with van der Waals surface area (Å²) in [6.45, 7) is 0.955. The number of urea groups is 1. The number of carbonyl (C=O) groups excluding carboxylic acids is 2. The molecule has 0 aromatic heterocycles. The Labute approximate surface area is 168 Å². The molecule has 4 unspecified atom stereocenters. The summed E-state index contributed by atoms with van der Waals surface area (Å²) < 4.78 is 16.9. The van der Waals surface area contributed by atoms with Crippen molar-refractivity contribution in [3.05, 3.63) is 66.2 Å². The number of nitrogens with one attached hydrogen (secondary N) is 3. The van der Waals surface area contributed by atoms with Crippen molar-refractivity contribution < 1.29 is 23.8 Å². The first-order valence-electron chi connectivity index (χ1n) is 9.53. The van der Waals surface area contributed by atoms with Crippen molar-refractivity contribution in [1.29, 1.82) is 0 Å². The number of carbonyl (C=O) groups is 2. The fraction of sp³-hybridized carbons (Fsp3) is 0.333. The zero-order chi connectivity index (χ0) is 20.1. The third-order valence-corrected chi connectivity index (χ3v) is 4.90. The van der Waals surface area contributed by atoms with Gasteiger partial charge in [-0.05, 0) is 17.7 Å². The van der Waals surface area contributed by atoms with Crippen LogP contribution in [0, 0.1) is 0 Å². The molecule has 2 heterocycles. The fourth-order valence-electron chi connectivity index (χ4n) is 3.49. The van der Waals surface area contributed by atoms with E-state index < -0.39 is 18.3 Å². The van der Waals surface area contributed by atoms with Crippen LogP contribution in [0.15, 0.2) is 60.7 Å². The van der Waals surface area contributed by atoms with Gasteiger partial charge in [-0.2, -0.15) is 0 Å². The molecule has 0 saturated carbocycles. The van der Waals surface area contributed by atoms with Crippen molar-refractivity contribution >= 4 is 17.8 Å². The largest absolute Gasteiger partial charge is 0.441 e. The number of fused-ring (bicyclic) bond motifs is 1. The molecule has 3 amide bonds. The minimum atomic E-state index is -0.564. The number of para-hydroxylation sites is 1. The first-order valence-corrected chi connectivity index (χ1v) is 9.53. The predicted octanol–water partition coefficient (Wildman–Crippen LogP) is 2.27. The van der Waals surface area contributed by atoms with Crippen LogP contribution in [0.5, 0.6) is 0 Å². The van der Waals surface area contributed by atoms with Crippen LogP contribution in [-0.2, 0) is 20.8 Å². The van der Waals surface area contributed by atoms with Gasteiger partial charge in [-0.3, -0.25) is 5.32 Å². The lowest BCUT2D eigenvalue weighted by atomic mass is 10.1. The van der Waals surface area contributed by atoms with E-state index in [1.807, 2.05) is 48.5 Å². The number of amides is 3. The fourth-order valence-corrected chi connectivity index (χ4v) is 3.49. The lowest BCUT2D eigenvalue weighted by Crippen LogP contribution is -2.48. The van der Waals surface area contributed by atoms with Crippen molar-refractivity contribution in [2.45, 2.75) is 30.9 Å². The number of ether oxygens (including phenoxy) is 3. The first kappa shape index (κ1) is 19.2. The van der Waals surface area contributed by atoms with E-state index in [0.717, 1.165) is 5.56 Å². The van der Waals surface area contributed by atoms with Crippen LogP contribution in [-0.4, -0.2) is 49.7 Å². The molecule has 8 heteroatoms. The second kappa shape index (κ2) is 8.93. The van der Waals surface area contributed by atoms with Gasteiger partial charge in [0.05, 0.1) is 19.3 Å². The highest BCUT2D eigenvalue weighted by molar-refractivity contribution is 5.84. The summed E-state index contributed by atoms with van der Waals surface area (Å²) in [6, 6.07) is 18.1. The molecule has 0 spiro atoms. The van der Waals surface area contributed by atoms with E-state index in [4.69, 9.17) is 14.2 Å². The van der Waals surface area contributed by atoms with Crippen LogP contribution in [0.2, 0.25) is 0 Å². The average Bonchev–Trinajstić information content (AvgIpc) is 3.31. The van der Waals surface area contributed by atoms with Crippen molar-refractivity contribution in [2.24, 2.45) is 0 Å². The SMILES string of the molecule is O=C(NCc1ccccc1)NC1COC2C(OC(=O)Nc3ccccc3)COC12. The Morgan fingerprint density at radius 3 is 2.38 bits per heavy atom. The number of benzene rings is 2. The maximum atomic E-state index is 12.2. The number of hydrogen-bond acceptors (Lipinski definition) is 5. The molecule has 152 valence electrons. The van der Waals surface area contributed by atoms with E-state index in [2.05, 4.69) is 16.0 Å². The molecule has 0 bridgehead atoms. The Morgan fingerprint density at radius 1 is 0.931 bits per heavy atom. The van der Waals surface area contributed by atoms with Gasteiger partial charge in [0.25, 0.3) is 0 Å². The zero-order valence-corrected chi connectivity index (χ0v) is 15.7. The van der Waals surface area contributed by atoms with E-state index in [0.29, 0.717) is 18.8 Å². The smallest absolute Gasteiger partial charge is 0.412 e. The molecule has 0 radical (unpaired) electrons. The van der Waals surface area contributed by atoms with Gasteiger partial charge in [0.2, 0.25) is 0 Å². The van der Waals surface area contributed by atoms with E-state index >= 15 is 0 Å². The average molecular weight is 397 g/mol. The van der Waals surface area contributed by atoms with Gasteiger partial charge >= 0.3 is 12.1 Å². The van der Waals surface area contributed by atoms with Crippen LogP contribution in [0.4, 0.5) is 15.3 Å². The van der Waals surface area contributed by atoms with Crippen LogP contribution in [0.3, 0.4) is 0 Å². The lowest BCUT2D eigenvalue weighted by Gasteiger charge is -2.18. The minimum absolute atomic E-state index is 0.224. The van der Waals surface area contributed by atoms with E-state index in [-0.39, 0.29) is 24.8 Å². The standard InChI is InChI=1S/C21H23N3O5/c25-20(22-11-14-7-3-1-4-8-14)24-16-12-27-19-17(13-28-18(16)19)29-21(26)23-15-9-5-2-6-10-15/h1-10,16-19H,11-13H2,(H,23,26)(H2,22,24,25). The highest BCUT2D eigenvalue weighted by atomic mass is 16.6. The third-order valence-electron chi connectivity index (χ3n) is 4.90. The molecule has 2 aromatic rings. The van der Waals surface area contributed by atoms with Crippen molar-refractivity contribution in [2.75, 3.05) is 18.5 Å². The molecule has 2 saturated heterocycles. The number of anilines is 1. The van der Waals surface area contributed by atoms with Gasteiger partial charge in [0.1, 0.15) is 12.2 Å². The lowest BCUT2D eigenvalue weighted by molar-refractivity contribution is 0.00872. The summed E-state index contributed by atoms with van der Waals surface area (Å²) in [7, 11) is 0. The first-order chi connectivity index (χ1) is 14.2. The maximum absolute atomic E-state index is 12.2. The summed E-state index contributed by atoms with van der Waals surface area (Å²) in [5, 5.41) is 8.37. The highest BCUT2D eigenvalue weighted by Crippen LogP contribution is 2.29. The predicted molar refractivity (Wildman–Crippen MR) is 105 cm³/mol. The normalized spacial score (nSPS) is 25.1. The number of rotatable bonds is 5. The molecular formula is C21H23N3O5. The van der Waals surface area contributed by atoms with E-state index in [9.17, 15) is 9.59 Å². The van der Waals surface area contributed by atoms with Crippen LogP contribution in [0.25, 0.3) is 0 Å². The molecule has 3 N–H and O–H groups in total. The van der Waals surface area contributed by atoms with Gasteiger partial charge in [-0.1, -0.05) is 48.5 Å². The van der Waals surface area contributed by atoms with Gasteiger partial charge in [-0.15, -0.1) is 0 Å². The Bertz CT molecular complexity index is 833. The van der Waals surface area contributed by atoms with Gasteiger partial charge < -0.3 is 24.8 Å². The Morgan fingerprint density at radius 2 is 1.62 bits per heavy atom. The molecule has 2 aliphatic rings. The summed E-state index contributed by atoms with van der Waals surface area (Å²) in [6.07, 6.45) is -1.85. The van der Waals surface area contributed by atoms with Crippen LogP contribution >= 0.6 is 0 Å². The Kier molecular flexibility index (Phi) is 5.92. The van der Waals surface area contributed by atoms with E-state index in [1.54, 1.807) is 12.1 Å². The molecule has 8 nitrogen and oxygen atoms in total. The third kappa shape index (κ3) is 4.85. The van der Waals surface area contributed by atoms with Crippen LogP contribution in [0.1, 0.15) is 5.56 Å². The topological polar surface area (TPSA) is 97.9 Å². The molecule has 4 rings (SSSR count). The second-order valence-corrected chi connectivity index (χ2v) is 6.95. The van der Waals surface area contributed by atoms with Crippen molar-refractivity contribution in [3.63, 3.8) is 0 Å². The molecule has 0 aliphatic carbocycles. The van der Waals surface area contributed by atoms with Crippen LogP contribution < -0.4 is 16.0 Å². The quantitative estimate of drug-likeness (QED) is 0.719. The second-order valence-electron chi connectivity index (χ2n) is 6.95. The zero-order valence-electron chi connectivity index (χ0n) is 15.7. The minimum Gasteiger partial charge on any atom is -0.441 e. The van der Waals surface area contributed by atoms with Crippen molar-refractivity contribution in [1.82, 2.24) is 10.6 Å². The van der Waals surface area contributed by atoms with Crippen molar-refractivity contribution in [3.8, 4) is 0 Å². The summed E-state index contributed by atoms with van der Waals surface area (Å²) in [5.74, 6) is 0. The molecule has 2 fully saturated rings. The maximum Gasteiger partial charge on any atom is 0.412 e. The Balaban J connectivity index is 1.24. The van der Waals surface area contributed by atoms with Gasteiger partial charge in [0, 0.05) is 12.2 Å². The Hall–Kier alpha value is -3.10. The highest BCUT2D eigenvalue weighted by Gasteiger charge is 2.50. The van der Waals surface area contributed by atoms with Gasteiger partial charge in [-0.25, -0.2) is 9.59 Å². The number of hydrogen-bond donors (Lipinski definition) is 3. The summed E-state index contributed by atoms with van der Waals surface area (Å²) in [5.41, 5.74) is 1.66. The van der Waals surface area contributed by atoms with E-state index in [1.165, 1.54) is 0 Å². The molecular weight excluding hydrogens is 374 g/mol. The molecule has 2 aromatic carbocycles. The molecule has 29 heavy (non-hydrogen) atoms. The molecule has 2 aliphatic heterocycles. The molecule has 4 atom stereocenters. The summed E-state index contributed by atoms with van der Waals surface area (Å²) >= 11 is 0. The summed E-state index contributed by atoms with van der Waals surface area (Å²) in [4.78, 5) is 24.3.